The van der Waals surface area contributed by atoms with E-state index in [0.717, 1.165) is 43.6 Å². The third-order valence-electron chi connectivity index (χ3n) is 5.91. The number of amides is 2. The molecule has 4 rings (SSSR count). The molecule has 1 aliphatic heterocycles. The number of aromatic nitrogens is 1. The summed E-state index contributed by atoms with van der Waals surface area (Å²) in [5, 5.41) is 7.25. The minimum atomic E-state index is 0.0267. The molecule has 2 heterocycles. The molecule has 6 nitrogen and oxygen atoms in total. The molecule has 6 heteroatoms. The van der Waals surface area contributed by atoms with E-state index in [4.69, 9.17) is 0 Å². The highest BCUT2D eigenvalue weighted by molar-refractivity contribution is 5.92. The van der Waals surface area contributed by atoms with Crippen LogP contribution in [0.25, 0.3) is 10.9 Å². The number of anilines is 1. The summed E-state index contributed by atoms with van der Waals surface area (Å²) in [5.74, 6) is 0.194. The predicted octanol–water partition coefficient (Wildman–Crippen LogP) is 1.76. The zero-order valence-corrected chi connectivity index (χ0v) is 17.1. The van der Waals surface area contributed by atoms with Gasteiger partial charge in [0.05, 0.1) is 13.1 Å². The number of hydrogen-bond acceptors (Lipinski definition) is 2. The normalized spacial score (nSPS) is 18.8. The first-order valence-corrected chi connectivity index (χ1v) is 10.7. The second-order valence-electron chi connectivity index (χ2n) is 8.02. The number of carbonyl (C=O) groups is 2. The SMILES string of the molecule is O=C(C[NH+]1CCC(C(=O)Nc2ccccc2)CC1)NCCc1c[nH]c2ccccc12. The summed E-state index contributed by atoms with van der Waals surface area (Å²) in [5.41, 5.74) is 3.19. The zero-order chi connectivity index (χ0) is 20.8. The number of hydrogen-bond donors (Lipinski definition) is 4. The van der Waals surface area contributed by atoms with E-state index in [2.05, 4.69) is 27.8 Å². The zero-order valence-electron chi connectivity index (χ0n) is 17.1. The molecule has 1 fully saturated rings. The maximum absolute atomic E-state index is 12.4. The van der Waals surface area contributed by atoms with E-state index in [1.807, 2.05) is 48.7 Å². The molecule has 2 aromatic carbocycles. The number of nitrogens with one attached hydrogen (secondary N) is 4. The van der Waals surface area contributed by atoms with E-state index >= 15 is 0 Å². The van der Waals surface area contributed by atoms with E-state index in [1.165, 1.54) is 15.8 Å². The van der Waals surface area contributed by atoms with E-state index in [-0.39, 0.29) is 17.7 Å². The fraction of sp³-hybridized carbons (Fsp3) is 0.333. The van der Waals surface area contributed by atoms with Crippen molar-refractivity contribution in [2.45, 2.75) is 19.3 Å². The number of rotatable bonds is 7. The monoisotopic (exact) mass is 405 g/mol. The van der Waals surface area contributed by atoms with Gasteiger partial charge in [0, 0.05) is 48.1 Å². The topological polar surface area (TPSA) is 78.4 Å². The molecular formula is C24H29N4O2+. The van der Waals surface area contributed by atoms with Gasteiger partial charge in [-0.1, -0.05) is 36.4 Å². The second-order valence-corrected chi connectivity index (χ2v) is 8.02. The number of piperidine rings is 1. The van der Waals surface area contributed by atoms with Crippen molar-refractivity contribution >= 4 is 28.4 Å². The fourth-order valence-corrected chi connectivity index (χ4v) is 4.20. The lowest BCUT2D eigenvalue weighted by Gasteiger charge is -2.28. The van der Waals surface area contributed by atoms with Crippen molar-refractivity contribution in [3.63, 3.8) is 0 Å². The van der Waals surface area contributed by atoms with Gasteiger partial charge < -0.3 is 20.5 Å². The molecule has 1 aromatic heterocycles. The number of para-hydroxylation sites is 2. The van der Waals surface area contributed by atoms with Gasteiger partial charge in [0.1, 0.15) is 0 Å². The van der Waals surface area contributed by atoms with Crippen LogP contribution in [-0.4, -0.2) is 43.0 Å². The van der Waals surface area contributed by atoms with E-state index < -0.39 is 0 Å². The Kier molecular flexibility index (Phi) is 6.44. The van der Waals surface area contributed by atoms with Crippen LogP contribution >= 0.6 is 0 Å². The number of quaternary nitrogens is 1. The summed E-state index contributed by atoms with van der Waals surface area (Å²) in [4.78, 5) is 29.3. The standard InChI is InChI=1S/C24H28N4O2/c29-23(25-13-10-19-16-26-22-9-5-4-8-21(19)22)17-28-14-11-18(12-15-28)24(30)27-20-6-2-1-3-7-20/h1-9,16,18,26H,10-15,17H2,(H,25,29)(H,27,30)/p+1. The molecule has 3 aromatic rings. The van der Waals surface area contributed by atoms with Crippen LogP contribution in [-0.2, 0) is 16.0 Å². The number of benzene rings is 2. The number of carbonyl (C=O) groups excluding carboxylic acids is 2. The van der Waals surface area contributed by atoms with Crippen molar-refractivity contribution in [1.82, 2.24) is 10.3 Å². The van der Waals surface area contributed by atoms with E-state index in [9.17, 15) is 9.59 Å². The summed E-state index contributed by atoms with van der Waals surface area (Å²) in [6.07, 6.45) is 4.47. The Morgan fingerprint density at radius 2 is 1.73 bits per heavy atom. The molecule has 0 bridgehead atoms. The van der Waals surface area contributed by atoms with Gasteiger partial charge in [0.25, 0.3) is 5.91 Å². The largest absolute Gasteiger partial charge is 0.361 e. The molecular weight excluding hydrogens is 376 g/mol. The summed E-state index contributed by atoms with van der Waals surface area (Å²) < 4.78 is 0. The summed E-state index contributed by atoms with van der Waals surface area (Å²) in [6.45, 7) is 2.81. The average molecular weight is 406 g/mol. The molecule has 4 N–H and O–H groups in total. The van der Waals surface area contributed by atoms with Crippen LogP contribution in [0.4, 0.5) is 5.69 Å². The molecule has 30 heavy (non-hydrogen) atoms. The van der Waals surface area contributed by atoms with Crippen molar-refractivity contribution in [1.29, 1.82) is 0 Å². The maximum Gasteiger partial charge on any atom is 0.275 e. The first-order chi connectivity index (χ1) is 14.7. The Morgan fingerprint density at radius 1 is 1.00 bits per heavy atom. The molecule has 0 unspecified atom stereocenters. The minimum Gasteiger partial charge on any atom is -0.361 e. The number of aromatic amines is 1. The van der Waals surface area contributed by atoms with Crippen molar-refractivity contribution in [3.05, 3.63) is 66.4 Å². The highest BCUT2D eigenvalue weighted by Crippen LogP contribution is 2.17. The van der Waals surface area contributed by atoms with Crippen LogP contribution in [0.15, 0.2) is 60.8 Å². The first-order valence-electron chi connectivity index (χ1n) is 10.7. The molecule has 1 aliphatic rings. The number of fused-ring (bicyclic) bond motifs is 1. The lowest BCUT2D eigenvalue weighted by molar-refractivity contribution is -0.897. The van der Waals surface area contributed by atoms with Gasteiger partial charge in [-0.05, 0) is 30.2 Å². The number of likely N-dealkylation sites (tertiary alicyclic amines) is 1. The van der Waals surface area contributed by atoms with Gasteiger partial charge in [-0.3, -0.25) is 9.59 Å². The Bertz CT molecular complexity index is 991. The molecule has 0 saturated carbocycles. The van der Waals surface area contributed by atoms with Crippen LogP contribution in [0.3, 0.4) is 0 Å². The number of H-pyrrole nitrogens is 1. The van der Waals surface area contributed by atoms with Crippen molar-refractivity contribution in [2.24, 2.45) is 5.92 Å². The van der Waals surface area contributed by atoms with Gasteiger partial charge in [-0.2, -0.15) is 0 Å². The van der Waals surface area contributed by atoms with Gasteiger partial charge in [-0.25, -0.2) is 0 Å². The van der Waals surface area contributed by atoms with Crippen LogP contribution < -0.4 is 15.5 Å². The molecule has 1 saturated heterocycles. The molecule has 0 aliphatic carbocycles. The first kappa shape index (κ1) is 20.2. The summed E-state index contributed by atoms with van der Waals surface area (Å²) in [6, 6.07) is 17.8. The highest BCUT2D eigenvalue weighted by atomic mass is 16.2. The molecule has 0 radical (unpaired) electrons. The Morgan fingerprint density at radius 3 is 2.53 bits per heavy atom. The third kappa shape index (κ3) is 5.07. The smallest absolute Gasteiger partial charge is 0.275 e. The lowest BCUT2D eigenvalue weighted by atomic mass is 9.96. The summed E-state index contributed by atoms with van der Waals surface area (Å²) >= 11 is 0. The Balaban J connectivity index is 1.17. The average Bonchev–Trinajstić information content (AvgIpc) is 3.18. The fourth-order valence-electron chi connectivity index (χ4n) is 4.20. The van der Waals surface area contributed by atoms with Gasteiger partial charge >= 0.3 is 0 Å². The van der Waals surface area contributed by atoms with Crippen LogP contribution in [0.2, 0.25) is 0 Å². The molecule has 0 atom stereocenters. The quantitative estimate of drug-likeness (QED) is 0.483. The van der Waals surface area contributed by atoms with Crippen LogP contribution in [0.5, 0.6) is 0 Å². The van der Waals surface area contributed by atoms with Crippen molar-refractivity contribution in [3.8, 4) is 0 Å². The van der Waals surface area contributed by atoms with Gasteiger partial charge in [0.15, 0.2) is 6.54 Å². The second kappa shape index (κ2) is 9.59. The predicted molar refractivity (Wildman–Crippen MR) is 118 cm³/mol. The molecule has 0 spiro atoms. The maximum atomic E-state index is 12.4. The minimum absolute atomic E-state index is 0.0267. The van der Waals surface area contributed by atoms with Crippen molar-refractivity contribution < 1.29 is 14.5 Å². The third-order valence-corrected chi connectivity index (χ3v) is 5.91. The van der Waals surface area contributed by atoms with Crippen LogP contribution in [0, 0.1) is 5.92 Å². The molecule has 156 valence electrons. The summed E-state index contributed by atoms with van der Waals surface area (Å²) in [7, 11) is 0. The van der Waals surface area contributed by atoms with E-state index in [0.29, 0.717) is 13.1 Å². The van der Waals surface area contributed by atoms with Gasteiger partial charge in [-0.15, -0.1) is 0 Å². The molecule has 2 amide bonds. The van der Waals surface area contributed by atoms with E-state index in [1.54, 1.807) is 0 Å². The van der Waals surface area contributed by atoms with Crippen LogP contribution in [0.1, 0.15) is 18.4 Å². The van der Waals surface area contributed by atoms with Crippen molar-refractivity contribution in [2.75, 3.05) is 31.5 Å². The Labute approximate surface area is 176 Å². The highest BCUT2D eigenvalue weighted by Gasteiger charge is 2.28. The lowest BCUT2D eigenvalue weighted by Crippen LogP contribution is -3.14. The Hall–Kier alpha value is -3.12. The van der Waals surface area contributed by atoms with Gasteiger partial charge in [0.2, 0.25) is 5.91 Å².